The minimum atomic E-state index is -0.544. The van der Waals surface area contributed by atoms with Gasteiger partial charge < -0.3 is 14.2 Å². The third kappa shape index (κ3) is 3.95. The van der Waals surface area contributed by atoms with Crippen LogP contribution in [0.15, 0.2) is 18.3 Å². The molecule has 0 aliphatic heterocycles. The molecule has 0 bridgehead atoms. The predicted octanol–water partition coefficient (Wildman–Crippen LogP) is 3.22. The molecule has 23 heavy (non-hydrogen) atoms. The zero-order valence-electron chi connectivity index (χ0n) is 12.8. The van der Waals surface area contributed by atoms with E-state index in [2.05, 4.69) is 11.0 Å². The van der Waals surface area contributed by atoms with Crippen LogP contribution in [0.2, 0.25) is 5.02 Å². The number of methoxy groups -OCH3 is 1. The molecule has 1 aromatic heterocycles. The molecule has 2 rings (SSSR count). The van der Waals surface area contributed by atoms with E-state index in [0.29, 0.717) is 18.1 Å². The number of terminal acetylenes is 1. The fourth-order valence-electron chi connectivity index (χ4n) is 1.95. The van der Waals surface area contributed by atoms with Crippen LogP contribution in [0.25, 0.3) is 5.69 Å². The maximum Gasteiger partial charge on any atom is 0.163 e. The van der Waals surface area contributed by atoms with Crippen molar-refractivity contribution >= 4 is 11.6 Å². The topological polar surface area (TPSA) is 45.5 Å². The summed E-state index contributed by atoms with van der Waals surface area (Å²) in [4.78, 5) is 0. The summed E-state index contributed by atoms with van der Waals surface area (Å²) >= 11 is 5.95. The SMILES string of the molecule is C#CCOc1cc(-n2cc(OCC)c(COC)n2)c(F)cc1Cl. The fraction of sp³-hybridized carbons (Fsp3) is 0.312. The van der Waals surface area contributed by atoms with Crippen molar-refractivity contribution < 1.29 is 18.6 Å². The van der Waals surface area contributed by atoms with Crippen molar-refractivity contribution in [2.24, 2.45) is 0 Å². The number of rotatable bonds is 7. The van der Waals surface area contributed by atoms with Crippen molar-refractivity contribution in [1.29, 1.82) is 0 Å². The molecule has 5 nitrogen and oxygen atoms in total. The lowest BCUT2D eigenvalue weighted by Gasteiger charge is -2.09. The highest BCUT2D eigenvalue weighted by Crippen LogP contribution is 2.31. The van der Waals surface area contributed by atoms with Gasteiger partial charge in [-0.05, 0) is 13.0 Å². The highest BCUT2D eigenvalue weighted by atomic mass is 35.5. The normalized spacial score (nSPS) is 10.4. The van der Waals surface area contributed by atoms with Crippen molar-refractivity contribution in [2.75, 3.05) is 20.3 Å². The van der Waals surface area contributed by atoms with Crippen LogP contribution in [0.3, 0.4) is 0 Å². The molecule has 0 spiro atoms. The number of benzene rings is 1. The van der Waals surface area contributed by atoms with Crippen molar-refractivity contribution in [3.63, 3.8) is 0 Å². The first-order valence-electron chi connectivity index (χ1n) is 6.86. The first-order valence-corrected chi connectivity index (χ1v) is 7.24. The zero-order chi connectivity index (χ0) is 16.8. The molecule has 0 atom stereocenters. The van der Waals surface area contributed by atoms with Crippen LogP contribution in [0.5, 0.6) is 11.5 Å². The van der Waals surface area contributed by atoms with E-state index in [4.69, 9.17) is 32.2 Å². The van der Waals surface area contributed by atoms with Gasteiger partial charge in [0, 0.05) is 13.2 Å². The average molecular weight is 339 g/mol. The Morgan fingerprint density at radius 2 is 2.13 bits per heavy atom. The Labute approximate surface area is 138 Å². The monoisotopic (exact) mass is 338 g/mol. The smallest absolute Gasteiger partial charge is 0.163 e. The van der Waals surface area contributed by atoms with Crippen LogP contribution >= 0.6 is 11.6 Å². The molecule has 122 valence electrons. The Bertz CT molecular complexity index is 701. The largest absolute Gasteiger partial charge is 0.490 e. The van der Waals surface area contributed by atoms with Gasteiger partial charge in [-0.2, -0.15) is 5.10 Å². The Balaban J connectivity index is 2.44. The van der Waals surface area contributed by atoms with Crippen LogP contribution in [-0.4, -0.2) is 30.1 Å². The van der Waals surface area contributed by atoms with Gasteiger partial charge in [0.05, 0.1) is 24.4 Å². The second-order valence-corrected chi connectivity index (χ2v) is 4.88. The van der Waals surface area contributed by atoms with E-state index in [0.717, 1.165) is 6.07 Å². The number of ether oxygens (including phenoxy) is 3. The van der Waals surface area contributed by atoms with Gasteiger partial charge in [-0.3, -0.25) is 0 Å². The molecular weight excluding hydrogens is 323 g/mol. The van der Waals surface area contributed by atoms with Gasteiger partial charge in [0.25, 0.3) is 0 Å². The maximum absolute atomic E-state index is 14.2. The van der Waals surface area contributed by atoms with Gasteiger partial charge in [-0.15, -0.1) is 6.42 Å². The van der Waals surface area contributed by atoms with Crippen molar-refractivity contribution in [1.82, 2.24) is 9.78 Å². The van der Waals surface area contributed by atoms with Crippen molar-refractivity contribution in [3.8, 4) is 29.5 Å². The van der Waals surface area contributed by atoms with Gasteiger partial charge in [0.2, 0.25) is 0 Å². The van der Waals surface area contributed by atoms with Crippen molar-refractivity contribution in [2.45, 2.75) is 13.5 Å². The molecule has 0 aliphatic rings. The van der Waals surface area contributed by atoms with Crippen LogP contribution in [0, 0.1) is 18.2 Å². The highest BCUT2D eigenvalue weighted by molar-refractivity contribution is 6.32. The first-order chi connectivity index (χ1) is 11.1. The number of hydrogen-bond donors (Lipinski definition) is 0. The Morgan fingerprint density at radius 3 is 2.78 bits per heavy atom. The standard InChI is InChI=1S/C16H16ClFN2O3/c1-4-6-23-15-8-14(12(18)7-11(15)17)20-9-16(22-5-2)13(19-20)10-21-3/h1,7-9H,5-6,10H2,2-3H3. The molecule has 1 heterocycles. The van der Waals surface area contributed by atoms with Gasteiger partial charge >= 0.3 is 0 Å². The summed E-state index contributed by atoms with van der Waals surface area (Å²) in [5.74, 6) is 2.59. The minimum absolute atomic E-state index is 0.0308. The van der Waals surface area contributed by atoms with E-state index in [-0.39, 0.29) is 29.7 Å². The van der Waals surface area contributed by atoms with E-state index in [1.165, 1.54) is 10.7 Å². The number of halogens is 2. The predicted molar refractivity (Wildman–Crippen MR) is 84.7 cm³/mol. The summed E-state index contributed by atoms with van der Waals surface area (Å²) in [6.07, 6.45) is 6.73. The Hall–Kier alpha value is -2.23. The van der Waals surface area contributed by atoms with Crippen LogP contribution in [-0.2, 0) is 11.3 Å². The summed E-state index contributed by atoms with van der Waals surface area (Å²) in [6.45, 7) is 2.59. The summed E-state index contributed by atoms with van der Waals surface area (Å²) < 4.78 is 31.4. The van der Waals surface area contributed by atoms with E-state index in [1.54, 1.807) is 13.3 Å². The summed E-state index contributed by atoms with van der Waals surface area (Å²) in [7, 11) is 1.55. The summed E-state index contributed by atoms with van der Waals surface area (Å²) in [5.41, 5.74) is 0.736. The second-order valence-electron chi connectivity index (χ2n) is 4.48. The molecule has 0 N–H and O–H groups in total. The molecule has 0 amide bonds. The van der Waals surface area contributed by atoms with E-state index in [9.17, 15) is 4.39 Å². The quantitative estimate of drug-likeness (QED) is 0.727. The molecule has 0 aliphatic carbocycles. The molecule has 0 saturated heterocycles. The van der Waals surface area contributed by atoms with Gasteiger partial charge in [-0.1, -0.05) is 17.5 Å². The highest BCUT2D eigenvalue weighted by Gasteiger charge is 2.16. The maximum atomic E-state index is 14.2. The Kier molecular flexibility index (Phi) is 5.85. The van der Waals surface area contributed by atoms with E-state index < -0.39 is 5.82 Å². The number of aromatic nitrogens is 2. The molecule has 0 saturated carbocycles. The summed E-state index contributed by atoms with van der Waals surface area (Å²) in [6, 6.07) is 2.59. The fourth-order valence-corrected chi connectivity index (χ4v) is 2.16. The third-order valence-corrected chi connectivity index (χ3v) is 3.19. The minimum Gasteiger partial charge on any atom is -0.490 e. The first kappa shape index (κ1) is 17.1. The van der Waals surface area contributed by atoms with Crippen LogP contribution in [0.1, 0.15) is 12.6 Å². The molecule has 0 unspecified atom stereocenters. The average Bonchev–Trinajstić information content (AvgIpc) is 2.90. The second kappa shape index (κ2) is 7.86. The molecule has 1 aromatic carbocycles. The number of nitrogens with zero attached hydrogens (tertiary/aromatic N) is 2. The van der Waals surface area contributed by atoms with Crippen molar-refractivity contribution in [3.05, 3.63) is 34.9 Å². The lowest BCUT2D eigenvalue weighted by atomic mass is 10.3. The molecule has 7 heteroatoms. The molecule has 2 aromatic rings. The lowest BCUT2D eigenvalue weighted by molar-refractivity contribution is 0.176. The van der Waals surface area contributed by atoms with Gasteiger partial charge in [0.15, 0.2) is 11.6 Å². The molecule has 0 fully saturated rings. The van der Waals surface area contributed by atoms with Gasteiger partial charge in [0.1, 0.15) is 23.7 Å². The van der Waals surface area contributed by atoms with E-state index in [1.807, 2.05) is 6.92 Å². The van der Waals surface area contributed by atoms with Crippen LogP contribution < -0.4 is 9.47 Å². The Morgan fingerprint density at radius 1 is 1.35 bits per heavy atom. The number of hydrogen-bond acceptors (Lipinski definition) is 4. The van der Waals surface area contributed by atoms with E-state index >= 15 is 0 Å². The lowest BCUT2D eigenvalue weighted by Crippen LogP contribution is -2.02. The summed E-state index contributed by atoms with van der Waals surface area (Å²) in [5, 5.41) is 4.42. The third-order valence-electron chi connectivity index (χ3n) is 2.89. The molecule has 0 radical (unpaired) electrons. The van der Waals surface area contributed by atoms with Gasteiger partial charge in [-0.25, -0.2) is 9.07 Å². The van der Waals surface area contributed by atoms with Crippen LogP contribution in [0.4, 0.5) is 4.39 Å². The zero-order valence-corrected chi connectivity index (χ0v) is 13.6. The molecular formula is C16H16ClFN2O3.